The van der Waals surface area contributed by atoms with Gasteiger partial charge in [-0.1, -0.05) is 26.0 Å². The van der Waals surface area contributed by atoms with Crippen molar-refractivity contribution in [2.45, 2.75) is 194 Å². The average Bonchev–Trinajstić information content (AvgIpc) is 3.34. The Morgan fingerprint density at radius 3 is 1.15 bits per heavy atom. The summed E-state index contributed by atoms with van der Waals surface area (Å²) in [4.78, 5) is 75.1. The standard InChI is InChI=1S/C23H37N3O3.C22H37N3O2.C19H28N2O3/c1-16(2)26(19(5)27)15-20-13-17(3)18(4)14-21(20)24-9-11-25(12-10-24)22(28)29-23(6,7)8;1-15(2)23-18(5)19-13-16(3)17(4)14-20(19)24-9-11-25(12-10-24)21(26)27-22(6,7)8;1-13-11-16(15(3)22)17(12-14(13)2)20-7-9-21(10-8-20)18(23)24-19(4,5)6/h13-14,16H,9-12,15H2,1-8H3;13-15,18,23H,9-12H2,1-8H3;11-12H,7-10H2,1-6H3. The van der Waals surface area contributed by atoms with Crippen LogP contribution in [0.15, 0.2) is 36.4 Å². The molecule has 80 heavy (non-hydrogen) atoms. The molecule has 3 aromatic rings. The normalized spacial score (nSPS) is 15.7. The molecule has 3 fully saturated rings. The first-order chi connectivity index (χ1) is 36.9. The van der Waals surface area contributed by atoms with Gasteiger partial charge in [-0.2, -0.15) is 0 Å². The highest BCUT2D eigenvalue weighted by Gasteiger charge is 2.31. The van der Waals surface area contributed by atoms with Crippen LogP contribution in [0.1, 0.15) is 172 Å². The first-order valence-corrected chi connectivity index (χ1v) is 29.0. The van der Waals surface area contributed by atoms with Crippen molar-refractivity contribution in [3.05, 3.63) is 86.5 Å². The number of carbonyl (C=O) groups excluding carboxylic acids is 5. The van der Waals surface area contributed by atoms with Crippen LogP contribution in [0.3, 0.4) is 0 Å². The number of ketones is 1. The largest absolute Gasteiger partial charge is 0.444 e. The monoisotopic (exact) mass is 1110 g/mol. The van der Waals surface area contributed by atoms with E-state index in [1.54, 1.807) is 23.6 Å². The van der Waals surface area contributed by atoms with Crippen LogP contribution in [0.5, 0.6) is 0 Å². The third-order valence-electron chi connectivity index (χ3n) is 14.6. The van der Waals surface area contributed by atoms with Crippen LogP contribution in [0.4, 0.5) is 31.4 Å². The van der Waals surface area contributed by atoms with Crippen molar-refractivity contribution in [3.63, 3.8) is 0 Å². The molecule has 6 rings (SSSR count). The Labute approximate surface area is 481 Å². The lowest BCUT2D eigenvalue weighted by Gasteiger charge is -2.38. The zero-order valence-corrected chi connectivity index (χ0v) is 53.3. The minimum Gasteiger partial charge on any atom is -0.444 e. The number of aryl methyl sites for hydroxylation is 6. The maximum Gasteiger partial charge on any atom is 0.410 e. The Morgan fingerprint density at radius 1 is 0.475 bits per heavy atom. The molecule has 1 N–H and O–H groups in total. The average molecular weight is 1110 g/mol. The minimum absolute atomic E-state index is 0.0719. The molecule has 0 aromatic heterocycles. The number of ether oxygens (including phenoxy) is 3. The van der Waals surface area contributed by atoms with E-state index < -0.39 is 16.8 Å². The van der Waals surface area contributed by atoms with E-state index in [9.17, 15) is 24.0 Å². The Balaban J connectivity index is 0.000000259. The first kappa shape index (κ1) is 66.5. The molecule has 0 bridgehead atoms. The van der Waals surface area contributed by atoms with E-state index >= 15 is 0 Å². The van der Waals surface area contributed by atoms with Crippen LogP contribution in [0, 0.1) is 41.5 Å². The van der Waals surface area contributed by atoms with Gasteiger partial charge in [-0.05, 0) is 200 Å². The molecule has 3 aliphatic rings. The molecule has 16 nitrogen and oxygen atoms in total. The van der Waals surface area contributed by atoms with Crippen molar-refractivity contribution in [1.29, 1.82) is 0 Å². The number of piperazine rings is 3. The van der Waals surface area contributed by atoms with E-state index in [0.29, 0.717) is 64.9 Å². The number of anilines is 3. The smallest absolute Gasteiger partial charge is 0.410 e. The zero-order valence-electron chi connectivity index (χ0n) is 53.3. The Bertz CT molecular complexity index is 2600. The van der Waals surface area contributed by atoms with Crippen molar-refractivity contribution >= 4 is 47.0 Å². The number of carbonyl (C=O) groups is 5. The highest BCUT2D eigenvalue weighted by molar-refractivity contribution is 6.00. The van der Waals surface area contributed by atoms with Crippen LogP contribution in [-0.4, -0.2) is 157 Å². The second-order valence-corrected chi connectivity index (χ2v) is 25.7. The fraction of sp³-hybridized carbons (Fsp3) is 0.641. The van der Waals surface area contributed by atoms with Gasteiger partial charge in [0.25, 0.3) is 0 Å². The number of amides is 4. The zero-order chi connectivity index (χ0) is 60.4. The van der Waals surface area contributed by atoms with Gasteiger partial charge in [0.05, 0.1) is 0 Å². The topological polar surface area (TPSA) is 148 Å². The van der Waals surface area contributed by atoms with Crippen molar-refractivity contribution in [2.24, 2.45) is 0 Å². The summed E-state index contributed by atoms with van der Waals surface area (Å²) in [7, 11) is 0. The van der Waals surface area contributed by atoms with Gasteiger partial charge in [-0.15, -0.1) is 0 Å². The maximum absolute atomic E-state index is 12.4. The molecule has 0 spiro atoms. The van der Waals surface area contributed by atoms with E-state index in [1.165, 1.54) is 39.1 Å². The molecular weight excluding hydrogens is 1010 g/mol. The van der Waals surface area contributed by atoms with E-state index in [4.69, 9.17) is 14.2 Å². The van der Waals surface area contributed by atoms with Gasteiger partial charge in [0, 0.05) is 133 Å². The predicted molar refractivity (Wildman–Crippen MR) is 326 cm³/mol. The number of hydrogen-bond acceptors (Lipinski definition) is 12. The van der Waals surface area contributed by atoms with Crippen molar-refractivity contribution in [3.8, 4) is 0 Å². The first-order valence-electron chi connectivity index (χ1n) is 29.0. The molecule has 0 saturated carbocycles. The molecule has 4 amide bonds. The lowest BCUT2D eigenvalue weighted by Crippen LogP contribution is -2.50. The highest BCUT2D eigenvalue weighted by Crippen LogP contribution is 2.33. The van der Waals surface area contributed by atoms with Crippen LogP contribution in [-0.2, 0) is 25.5 Å². The molecule has 1 unspecified atom stereocenters. The van der Waals surface area contributed by atoms with E-state index in [-0.39, 0.29) is 42.1 Å². The summed E-state index contributed by atoms with van der Waals surface area (Å²) in [6.07, 6.45) is -0.730. The summed E-state index contributed by atoms with van der Waals surface area (Å²) in [5.74, 6) is 0.154. The molecule has 3 aliphatic heterocycles. The lowest BCUT2D eigenvalue weighted by atomic mass is 9.97. The number of nitrogens with zero attached hydrogens (tertiary/aromatic N) is 7. The number of hydrogen-bond donors (Lipinski definition) is 1. The van der Waals surface area contributed by atoms with Crippen LogP contribution < -0.4 is 20.0 Å². The van der Waals surface area contributed by atoms with Crippen molar-refractivity contribution < 1.29 is 38.2 Å². The number of benzene rings is 3. The van der Waals surface area contributed by atoms with Gasteiger partial charge in [0.1, 0.15) is 16.8 Å². The van der Waals surface area contributed by atoms with Gasteiger partial charge in [0.15, 0.2) is 5.78 Å². The number of nitrogens with one attached hydrogen (secondary N) is 1. The lowest BCUT2D eigenvalue weighted by molar-refractivity contribution is -0.131. The second-order valence-electron chi connectivity index (χ2n) is 25.7. The van der Waals surface area contributed by atoms with Gasteiger partial charge in [-0.3, -0.25) is 9.59 Å². The quantitative estimate of drug-likeness (QED) is 0.152. The summed E-state index contributed by atoms with van der Waals surface area (Å²) in [5, 5.41) is 3.63. The fourth-order valence-electron chi connectivity index (χ4n) is 9.87. The Hall–Kier alpha value is -6.03. The van der Waals surface area contributed by atoms with E-state index in [0.717, 1.165) is 54.2 Å². The van der Waals surface area contributed by atoms with E-state index in [2.05, 4.69) is 106 Å². The van der Waals surface area contributed by atoms with Crippen LogP contribution >= 0.6 is 0 Å². The SMILES string of the molecule is CC(=O)N(Cc1cc(C)c(C)cc1N1CCN(C(=O)OC(C)(C)C)CC1)C(C)C.CC(=O)c1cc(C)c(C)cc1N1CCN(C(=O)OC(C)(C)C)CC1.Cc1cc(C(C)NC(C)C)c(N2CCN(C(=O)OC(C)(C)C)CC2)cc1C. The van der Waals surface area contributed by atoms with Crippen LogP contribution in [0.2, 0.25) is 0 Å². The molecular formula is C64H102N8O8. The summed E-state index contributed by atoms with van der Waals surface area (Å²) in [6.45, 7) is 52.5. The third kappa shape index (κ3) is 19.9. The molecule has 446 valence electrons. The molecule has 0 aliphatic carbocycles. The summed E-state index contributed by atoms with van der Waals surface area (Å²) >= 11 is 0. The van der Waals surface area contributed by atoms with Crippen molar-refractivity contribution in [1.82, 2.24) is 24.9 Å². The fourth-order valence-corrected chi connectivity index (χ4v) is 9.87. The van der Waals surface area contributed by atoms with E-state index in [1.807, 2.05) is 99.0 Å². The maximum atomic E-state index is 12.4. The highest BCUT2D eigenvalue weighted by atomic mass is 16.6. The Morgan fingerprint density at radius 2 is 0.800 bits per heavy atom. The summed E-state index contributed by atoms with van der Waals surface area (Å²) < 4.78 is 16.5. The molecule has 0 radical (unpaired) electrons. The number of rotatable bonds is 10. The summed E-state index contributed by atoms with van der Waals surface area (Å²) in [6, 6.07) is 13.9. The molecule has 16 heteroatoms. The van der Waals surface area contributed by atoms with Gasteiger partial charge >= 0.3 is 18.3 Å². The Kier molecular flexibility index (Phi) is 23.4. The van der Waals surface area contributed by atoms with Gasteiger partial charge < -0.3 is 53.8 Å². The number of Topliss-reactive ketones (excluding diaryl/α,β-unsaturated/α-hetero) is 1. The van der Waals surface area contributed by atoms with Gasteiger partial charge in [0.2, 0.25) is 5.91 Å². The summed E-state index contributed by atoms with van der Waals surface area (Å²) in [5.41, 5.74) is 12.6. The molecule has 3 saturated heterocycles. The van der Waals surface area contributed by atoms with Gasteiger partial charge in [-0.25, -0.2) is 14.4 Å². The second kappa shape index (κ2) is 28.1. The van der Waals surface area contributed by atoms with Crippen molar-refractivity contribution in [2.75, 3.05) is 93.2 Å². The molecule has 3 heterocycles. The third-order valence-corrected chi connectivity index (χ3v) is 14.6. The molecule has 3 aromatic carbocycles. The molecule has 1 atom stereocenters. The van der Waals surface area contributed by atoms with Crippen LogP contribution in [0.25, 0.3) is 0 Å². The predicted octanol–water partition coefficient (Wildman–Crippen LogP) is 12.1. The minimum atomic E-state index is -0.484.